The predicted molar refractivity (Wildman–Crippen MR) is 82.4 cm³/mol. The maximum atomic E-state index is 12.4. The van der Waals surface area contributed by atoms with Gasteiger partial charge in [0, 0.05) is 4.47 Å². The summed E-state index contributed by atoms with van der Waals surface area (Å²) in [7, 11) is -1.96. The van der Waals surface area contributed by atoms with Crippen molar-refractivity contribution in [3.05, 3.63) is 52.5 Å². The molecule has 4 nitrogen and oxygen atoms in total. The highest BCUT2D eigenvalue weighted by atomic mass is 79.9. The molecule has 2 aromatic carbocycles. The van der Waals surface area contributed by atoms with E-state index in [2.05, 4.69) is 15.9 Å². The number of hydrogen-bond acceptors (Lipinski definition) is 4. The monoisotopic (exact) mass is 355 g/mol. The summed E-state index contributed by atoms with van der Waals surface area (Å²) in [5.74, 6) is 0.471. The number of nitrogens with two attached hydrogens (primary N) is 1. The highest BCUT2D eigenvalue weighted by Crippen LogP contribution is 2.28. The Morgan fingerprint density at radius 2 is 1.90 bits per heavy atom. The van der Waals surface area contributed by atoms with Gasteiger partial charge in [-0.1, -0.05) is 28.1 Å². The summed E-state index contributed by atoms with van der Waals surface area (Å²) in [5.41, 5.74) is 6.63. The van der Waals surface area contributed by atoms with Crippen LogP contribution in [0.5, 0.6) is 5.75 Å². The number of sulfone groups is 1. The Hall–Kier alpha value is -1.53. The van der Waals surface area contributed by atoms with E-state index in [0.29, 0.717) is 11.3 Å². The average molecular weight is 356 g/mol. The van der Waals surface area contributed by atoms with Crippen LogP contribution in [0.2, 0.25) is 0 Å². The summed E-state index contributed by atoms with van der Waals surface area (Å²) in [5, 5.41) is 0. The molecule has 0 aromatic heterocycles. The topological polar surface area (TPSA) is 69.4 Å². The van der Waals surface area contributed by atoms with Crippen LogP contribution in [0.25, 0.3) is 0 Å². The average Bonchev–Trinajstić information content (AvgIpc) is 2.41. The van der Waals surface area contributed by atoms with Crippen molar-refractivity contribution in [2.24, 2.45) is 0 Å². The fraction of sp³-hybridized carbons (Fsp3) is 0.143. The molecule has 0 spiro atoms. The lowest BCUT2D eigenvalue weighted by Gasteiger charge is -2.10. The van der Waals surface area contributed by atoms with Crippen LogP contribution in [-0.4, -0.2) is 15.5 Å². The third kappa shape index (κ3) is 3.13. The van der Waals surface area contributed by atoms with E-state index in [1.165, 1.54) is 13.2 Å². The highest BCUT2D eigenvalue weighted by Gasteiger charge is 2.19. The van der Waals surface area contributed by atoms with E-state index in [4.69, 9.17) is 10.5 Å². The number of ether oxygens (including phenoxy) is 1. The van der Waals surface area contributed by atoms with Gasteiger partial charge in [-0.3, -0.25) is 0 Å². The van der Waals surface area contributed by atoms with Gasteiger partial charge in [0.1, 0.15) is 5.75 Å². The molecule has 0 amide bonds. The Kier molecular flexibility index (Phi) is 4.35. The van der Waals surface area contributed by atoms with E-state index in [9.17, 15) is 8.42 Å². The van der Waals surface area contributed by atoms with Gasteiger partial charge >= 0.3 is 0 Å². The van der Waals surface area contributed by atoms with Crippen LogP contribution in [0.3, 0.4) is 0 Å². The summed E-state index contributed by atoms with van der Waals surface area (Å²) in [6.45, 7) is 0. The molecule has 106 valence electrons. The van der Waals surface area contributed by atoms with Crippen LogP contribution in [0, 0.1) is 0 Å². The smallest absolute Gasteiger partial charge is 0.184 e. The fourth-order valence-electron chi connectivity index (χ4n) is 1.83. The standard InChI is InChI=1S/C14H14BrNO3S/c1-19-11-6-7-12(15)10(8-11)9-20(17,18)14-5-3-2-4-13(14)16/h2-8H,9,16H2,1H3. The molecular weight excluding hydrogens is 342 g/mol. The lowest BCUT2D eigenvalue weighted by molar-refractivity contribution is 0.414. The van der Waals surface area contributed by atoms with Crippen LogP contribution >= 0.6 is 15.9 Å². The third-order valence-corrected chi connectivity index (χ3v) is 5.36. The second kappa shape index (κ2) is 5.85. The van der Waals surface area contributed by atoms with Crippen molar-refractivity contribution in [3.63, 3.8) is 0 Å². The first-order valence-electron chi connectivity index (χ1n) is 5.84. The van der Waals surface area contributed by atoms with Gasteiger partial charge in [0.25, 0.3) is 0 Å². The van der Waals surface area contributed by atoms with Gasteiger partial charge in [-0.05, 0) is 35.9 Å². The van der Waals surface area contributed by atoms with Crippen molar-refractivity contribution in [3.8, 4) is 5.75 Å². The Morgan fingerprint density at radius 3 is 2.55 bits per heavy atom. The molecule has 2 rings (SSSR count). The minimum Gasteiger partial charge on any atom is -0.497 e. The van der Waals surface area contributed by atoms with Crippen LogP contribution in [-0.2, 0) is 15.6 Å². The molecule has 0 aliphatic heterocycles. The SMILES string of the molecule is COc1ccc(Br)c(CS(=O)(=O)c2ccccc2N)c1. The van der Waals surface area contributed by atoms with Gasteiger partial charge in [0.2, 0.25) is 0 Å². The number of para-hydroxylation sites is 1. The summed E-state index contributed by atoms with van der Waals surface area (Å²) in [6, 6.07) is 11.7. The Bertz CT molecular complexity index is 729. The molecule has 20 heavy (non-hydrogen) atoms. The first-order chi connectivity index (χ1) is 9.44. The van der Waals surface area contributed by atoms with E-state index in [1.807, 2.05) is 0 Å². The molecule has 0 unspecified atom stereocenters. The molecule has 2 N–H and O–H groups in total. The molecule has 0 atom stereocenters. The molecule has 0 radical (unpaired) electrons. The second-order valence-electron chi connectivity index (χ2n) is 4.25. The highest BCUT2D eigenvalue weighted by molar-refractivity contribution is 9.10. The van der Waals surface area contributed by atoms with Crippen molar-refractivity contribution in [1.82, 2.24) is 0 Å². The number of benzene rings is 2. The molecule has 0 saturated carbocycles. The van der Waals surface area contributed by atoms with E-state index in [1.54, 1.807) is 36.4 Å². The maximum Gasteiger partial charge on any atom is 0.184 e. The Labute approximate surface area is 126 Å². The van der Waals surface area contributed by atoms with Crippen molar-refractivity contribution < 1.29 is 13.2 Å². The molecule has 0 aliphatic carbocycles. The minimum atomic E-state index is -3.50. The fourth-order valence-corrected chi connectivity index (χ4v) is 3.92. The van der Waals surface area contributed by atoms with Crippen molar-refractivity contribution in [2.75, 3.05) is 12.8 Å². The van der Waals surface area contributed by atoms with Crippen molar-refractivity contribution in [2.45, 2.75) is 10.6 Å². The summed E-state index contributed by atoms with van der Waals surface area (Å²) in [4.78, 5) is 0.148. The van der Waals surface area contributed by atoms with E-state index >= 15 is 0 Å². The van der Waals surface area contributed by atoms with Gasteiger partial charge in [-0.25, -0.2) is 8.42 Å². The van der Waals surface area contributed by atoms with Crippen LogP contribution in [0.1, 0.15) is 5.56 Å². The largest absolute Gasteiger partial charge is 0.497 e. The van der Waals surface area contributed by atoms with Gasteiger partial charge < -0.3 is 10.5 Å². The first kappa shape index (κ1) is 14.9. The Balaban J connectivity index is 2.41. The number of methoxy groups -OCH3 is 1. The van der Waals surface area contributed by atoms with E-state index in [-0.39, 0.29) is 16.3 Å². The number of anilines is 1. The van der Waals surface area contributed by atoms with Crippen LogP contribution in [0.15, 0.2) is 51.8 Å². The number of rotatable bonds is 4. The second-order valence-corrected chi connectivity index (χ2v) is 7.07. The zero-order valence-corrected chi connectivity index (χ0v) is 13.2. The zero-order chi connectivity index (χ0) is 14.8. The molecule has 0 aliphatic rings. The summed E-state index contributed by atoms with van der Waals surface area (Å²) < 4.78 is 30.7. The van der Waals surface area contributed by atoms with E-state index in [0.717, 1.165) is 4.47 Å². The molecule has 0 bridgehead atoms. The quantitative estimate of drug-likeness (QED) is 0.855. The van der Waals surface area contributed by atoms with Gasteiger partial charge in [0.05, 0.1) is 23.4 Å². The molecule has 2 aromatic rings. The molecular formula is C14H14BrNO3S. The van der Waals surface area contributed by atoms with Gasteiger partial charge in [-0.15, -0.1) is 0 Å². The maximum absolute atomic E-state index is 12.4. The molecule has 0 fully saturated rings. The molecule has 0 saturated heterocycles. The zero-order valence-electron chi connectivity index (χ0n) is 10.8. The number of nitrogen functional groups attached to an aromatic ring is 1. The number of halogens is 1. The normalized spacial score (nSPS) is 11.3. The van der Waals surface area contributed by atoms with Crippen LogP contribution < -0.4 is 10.5 Å². The Morgan fingerprint density at radius 1 is 1.20 bits per heavy atom. The van der Waals surface area contributed by atoms with Crippen molar-refractivity contribution in [1.29, 1.82) is 0 Å². The van der Waals surface area contributed by atoms with Gasteiger partial charge in [0.15, 0.2) is 9.84 Å². The lowest BCUT2D eigenvalue weighted by Crippen LogP contribution is -2.08. The number of hydrogen-bond donors (Lipinski definition) is 1. The molecule has 6 heteroatoms. The minimum absolute atomic E-state index is 0.140. The third-order valence-electron chi connectivity index (χ3n) is 2.85. The molecule has 0 heterocycles. The lowest BCUT2D eigenvalue weighted by atomic mass is 10.2. The van der Waals surface area contributed by atoms with Gasteiger partial charge in [-0.2, -0.15) is 0 Å². The first-order valence-corrected chi connectivity index (χ1v) is 8.28. The van der Waals surface area contributed by atoms with E-state index < -0.39 is 9.84 Å². The summed E-state index contributed by atoms with van der Waals surface area (Å²) >= 11 is 3.35. The summed E-state index contributed by atoms with van der Waals surface area (Å²) in [6.07, 6.45) is 0. The predicted octanol–water partition coefficient (Wildman–Crippen LogP) is 3.01. The van der Waals surface area contributed by atoms with Crippen LogP contribution in [0.4, 0.5) is 5.69 Å². The van der Waals surface area contributed by atoms with Crippen molar-refractivity contribution >= 4 is 31.5 Å².